The second kappa shape index (κ2) is 6.81. The SMILES string of the molecule is O=C(COc1ccc(Cl)cc1)N1CCc2[nH]c3ccccc3c2CC1. The molecule has 0 saturated heterocycles. The number of halogens is 1. The topological polar surface area (TPSA) is 45.3 Å². The van der Waals surface area contributed by atoms with Crippen molar-refractivity contribution in [2.24, 2.45) is 0 Å². The normalized spacial score (nSPS) is 14.2. The van der Waals surface area contributed by atoms with Gasteiger partial charge in [-0.1, -0.05) is 29.8 Å². The van der Waals surface area contributed by atoms with Gasteiger partial charge in [0.15, 0.2) is 6.61 Å². The smallest absolute Gasteiger partial charge is 0.260 e. The first-order valence-corrected chi connectivity index (χ1v) is 8.83. The van der Waals surface area contributed by atoms with Gasteiger partial charge < -0.3 is 14.6 Å². The molecule has 2 aromatic carbocycles. The predicted molar refractivity (Wildman–Crippen MR) is 99.2 cm³/mol. The number of fused-ring (bicyclic) bond motifs is 3. The summed E-state index contributed by atoms with van der Waals surface area (Å²) in [6.07, 6.45) is 1.71. The third-order valence-electron chi connectivity index (χ3n) is 4.69. The van der Waals surface area contributed by atoms with Crippen LogP contribution in [0.2, 0.25) is 5.02 Å². The Balaban J connectivity index is 1.41. The molecule has 0 bridgehead atoms. The second-order valence-corrected chi connectivity index (χ2v) is 6.69. The fourth-order valence-corrected chi connectivity index (χ4v) is 3.50. The summed E-state index contributed by atoms with van der Waals surface area (Å²) in [5, 5.41) is 1.92. The molecule has 128 valence electrons. The van der Waals surface area contributed by atoms with Crippen LogP contribution in [0.5, 0.6) is 5.75 Å². The highest BCUT2D eigenvalue weighted by atomic mass is 35.5. The number of benzene rings is 2. The van der Waals surface area contributed by atoms with Gasteiger partial charge in [0.1, 0.15) is 5.75 Å². The summed E-state index contributed by atoms with van der Waals surface area (Å²) in [4.78, 5) is 17.9. The van der Waals surface area contributed by atoms with E-state index in [1.165, 1.54) is 22.2 Å². The molecular formula is C20H19ClN2O2. The number of hydrogen-bond acceptors (Lipinski definition) is 2. The van der Waals surface area contributed by atoms with Gasteiger partial charge in [0, 0.05) is 41.1 Å². The standard InChI is InChI=1S/C20H19ClN2O2/c21-14-5-7-15(8-6-14)25-13-20(24)23-11-9-17-16-3-1-2-4-18(16)22-19(17)10-12-23/h1-8,22H,9-13H2. The van der Waals surface area contributed by atoms with Gasteiger partial charge in [-0.15, -0.1) is 0 Å². The van der Waals surface area contributed by atoms with E-state index in [1.807, 2.05) is 11.0 Å². The summed E-state index contributed by atoms with van der Waals surface area (Å²) in [5.41, 5.74) is 3.76. The van der Waals surface area contributed by atoms with Gasteiger partial charge in [0.25, 0.3) is 5.91 Å². The lowest BCUT2D eigenvalue weighted by molar-refractivity contribution is -0.133. The van der Waals surface area contributed by atoms with Gasteiger partial charge in [-0.3, -0.25) is 4.79 Å². The summed E-state index contributed by atoms with van der Waals surface area (Å²) in [6.45, 7) is 1.48. The van der Waals surface area contributed by atoms with E-state index < -0.39 is 0 Å². The van der Waals surface area contributed by atoms with Gasteiger partial charge in [0.2, 0.25) is 0 Å². The largest absolute Gasteiger partial charge is 0.484 e. The van der Waals surface area contributed by atoms with E-state index in [2.05, 4.69) is 23.2 Å². The van der Waals surface area contributed by atoms with Crippen molar-refractivity contribution in [3.05, 3.63) is 64.8 Å². The van der Waals surface area contributed by atoms with E-state index in [0.717, 1.165) is 19.4 Å². The Labute approximate surface area is 151 Å². The van der Waals surface area contributed by atoms with E-state index in [1.54, 1.807) is 24.3 Å². The van der Waals surface area contributed by atoms with Crippen LogP contribution >= 0.6 is 11.6 Å². The molecule has 4 nitrogen and oxygen atoms in total. The molecule has 0 aliphatic carbocycles. The highest BCUT2D eigenvalue weighted by Gasteiger charge is 2.21. The average Bonchev–Trinajstić information content (AvgIpc) is 2.85. The summed E-state index contributed by atoms with van der Waals surface area (Å²) < 4.78 is 5.59. The number of para-hydroxylation sites is 1. The summed E-state index contributed by atoms with van der Waals surface area (Å²) >= 11 is 5.86. The molecule has 1 N–H and O–H groups in total. The first kappa shape index (κ1) is 16.0. The van der Waals surface area contributed by atoms with Gasteiger partial charge in [-0.25, -0.2) is 0 Å². The molecule has 1 aliphatic heterocycles. The molecule has 0 fully saturated rings. The third-order valence-corrected chi connectivity index (χ3v) is 4.95. The monoisotopic (exact) mass is 354 g/mol. The maximum absolute atomic E-state index is 12.5. The van der Waals surface area contributed by atoms with E-state index in [4.69, 9.17) is 16.3 Å². The number of rotatable bonds is 3. The highest BCUT2D eigenvalue weighted by molar-refractivity contribution is 6.30. The molecule has 1 amide bonds. The van der Waals surface area contributed by atoms with Crippen LogP contribution in [-0.2, 0) is 17.6 Å². The van der Waals surface area contributed by atoms with Crippen molar-refractivity contribution in [1.82, 2.24) is 9.88 Å². The van der Waals surface area contributed by atoms with E-state index in [9.17, 15) is 4.79 Å². The number of aromatic nitrogens is 1. The van der Waals surface area contributed by atoms with Crippen LogP contribution in [0.25, 0.3) is 10.9 Å². The number of amides is 1. The molecule has 0 unspecified atom stereocenters. The van der Waals surface area contributed by atoms with E-state index in [0.29, 0.717) is 17.3 Å². The van der Waals surface area contributed by atoms with Crippen molar-refractivity contribution >= 4 is 28.4 Å². The fraction of sp³-hybridized carbons (Fsp3) is 0.250. The van der Waals surface area contributed by atoms with Crippen LogP contribution in [0.15, 0.2) is 48.5 Å². The molecule has 0 spiro atoms. The number of aromatic amines is 1. The lowest BCUT2D eigenvalue weighted by atomic mass is 10.1. The van der Waals surface area contributed by atoms with Gasteiger partial charge in [-0.2, -0.15) is 0 Å². The minimum atomic E-state index is 0.0180. The van der Waals surface area contributed by atoms with Crippen LogP contribution < -0.4 is 4.74 Å². The summed E-state index contributed by atoms with van der Waals surface area (Å²) in [6, 6.07) is 15.4. The zero-order valence-corrected chi connectivity index (χ0v) is 14.6. The molecule has 0 atom stereocenters. The van der Waals surface area contributed by atoms with Crippen molar-refractivity contribution in [2.75, 3.05) is 19.7 Å². The Hall–Kier alpha value is -2.46. The fourth-order valence-electron chi connectivity index (χ4n) is 3.38. The quantitative estimate of drug-likeness (QED) is 0.777. The number of nitrogens with zero attached hydrogens (tertiary/aromatic N) is 1. The zero-order chi connectivity index (χ0) is 17.2. The van der Waals surface area contributed by atoms with Crippen LogP contribution in [0.1, 0.15) is 11.3 Å². The van der Waals surface area contributed by atoms with Crippen molar-refractivity contribution in [1.29, 1.82) is 0 Å². The number of carbonyl (C=O) groups is 1. The molecule has 25 heavy (non-hydrogen) atoms. The van der Waals surface area contributed by atoms with E-state index in [-0.39, 0.29) is 12.5 Å². The van der Waals surface area contributed by atoms with Crippen LogP contribution in [-0.4, -0.2) is 35.5 Å². The molecule has 4 rings (SSSR count). The molecule has 1 aromatic heterocycles. The first-order valence-electron chi connectivity index (χ1n) is 8.45. The second-order valence-electron chi connectivity index (χ2n) is 6.25. The van der Waals surface area contributed by atoms with Crippen molar-refractivity contribution in [3.8, 4) is 5.75 Å². The molecule has 3 aromatic rings. The zero-order valence-electron chi connectivity index (χ0n) is 13.8. The number of nitrogens with one attached hydrogen (secondary N) is 1. The minimum absolute atomic E-state index is 0.0180. The third kappa shape index (κ3) is 3.35. The minimum Gasteiger partial charge on any atom is -0.484 e. The van der Waals surface area contributed by atoms with Crippen LogP contribution in [0, 0.1) is 0 Å². The number of H-pyrrole nitrogens is 1. The van der Waals surface area contributed by atoms with Crippen LogP contribution in [0.4, 0.5) is 0 Å². The Morgan fingerprint density at radius 2 is 1.84 bits per heavy atom. The maximum Gasteiger partial charge on any atom is 0.260 e. The molecule has 5 heteroatoms. The highest BCUT2D eigenvalue weighted by Crippen LogP contribution is 2.25. The Bertz CT molecular complexity index is 902. The molecular weight excluding hydrogens is 336 g/mol. The van der Waals surface area contributed by atoms with Crippen molar-refractivity contribution in [2.45, 2.75) is 12.8 Å². The Morgan fingerprint density at radius 3 is 2.68 bits per heavy atom. The summed E-state index contributed by atoms with van der Waals surface area (Å²) in [5.74, 6) is 0.674. The lowest BCUT2D eigenvalue weighted by Crippen LogP contribution is -2.36. The summed E-state index contributed by atoms with van der Waals surface area (Å²) in [7, 11) is 0. The molecule has 0 saturated carbocycles. The Morgan fingerprint density at radius 1 is 1.08 bits per heavy atom. The number of hydrogen-bond donors (Lipinski definition) is 1. The first-order chi connectivity index (χ1) is 12.2. The van der Waals surface area contributed by atoms with Gasteiger partial charge >= 0.3 is 0 Å². The average molecular weight is 355 g/mol. The van der Waals surface area contributed by atoms with E-state index >= 15 is 0 Å². The Kier molecular flexibility index (Phi) is 4.36. The number of ether oxygens (including phenoxy) is 1. The van der Waals surface area contributed by atoms with Gasteiger partial charge in [0.05, 0.1) is 0 Å². The molecule has 1 aliphatic rings. The maximum atomic E-state index is 12.5. The van der Waals surface area contributed by atoms with Gasteiger partial charge in [-0.05, 0) is 42.3 Å². The number of carbonyl (C=O) groups excluding carboxylic acids is 1. The molecule has 2 heterocycles. The van der Waals surface area contributed by atoms with Crippen LogP contribution in [0.3, 0.4) is 0 Å². The lowest BCUT2D eigenvalue weighted by Gasteiger charge is -2.20. The predicted octanol–water partition coefficient (Wildman–Crippen LogP) is 3.83. The van der Waals surface area contributed by atoms with Crippen molar-refractivity contribution in [3.63, 3.8) is 0 Å². The molecule has 0 radical (unpaired) electrons. The van der Waals surface area contributed by atoms with Crippen molar-refractivity contribution < 1.29 is 9.53 Å².